The van der Waals surface area contributed by atoms with Gasteiger partial charge in [0.25, 0.3) is 5.69 Å². The largest absolute Gasteiger partial charge is 0.309 e. The molecule has 0 unspecified atom stereocenters. The molecular weight excluding hydrogens is 264 g/mol. The Hall–Kier alpha value is -2.20. The molecule has 1 fully saturated rings. The van der Waals surface area contributed by atoms with Gasteiger partial charge < -0.3 is 5.32 Å². The summed E-state index contributed by atoms with van der Waals surface area (Å²) in [5.74, 6) is 0.737. The first-order valence-corrected chi connectivity index (χ1v) is 7.26. The first kappa shape index (κ1) is 13.8. The Labute approximate surface area is 124 Å². The minimum Gasteiger partial charge on any atom is -0.309 e. The van der Waals surface area contributed by atoms with Crippen LogP contribution in [0.1, 0.15) is 35.4 Å². The predicted molar refractivity (Wildman–Crippen MR) is 82.1 cm³/mol. The van der Waals surface area contributed by atoms with Gasteiger partial charge in [-0.1, -0.05) is 36.4 Å². The fraction of sp³-hybridized carbons (Fsp3) is 0.294. The van der Waals surface area contributed by atoms with Crippen molar-refractivity contribution in [2.24, 2.45) is 0 Å². The second kappa shape index (κ2) is 6.06. The van der Waals surface area contributed by atoms with E-state index in [2.05, 4.69) is 29.6 Å². The molecule has 0 aromatic heterocycles. The van der Waals surface area contributed by atoms with Crippen molar-refractivity contribution in [2.75, 3.05) is 0 Å². The van der Waals surface area contributed by atoms with Gasteiger partial charge in [-0.3, -0.25) is 10.1 Å². The zero-order valence-electron chi connectivity index (χ0n) is 11.8. The molecule has 0 radical (unpaired) electrons. The van der Waals surface area contributed by atoms with Crippen LogP contribution in [0.5, 0.6) is 0 Å². The highest BCUT2D eigenvalue weighted by molar-refractivity contribution is 5.35. The van der Waals surface area contributed by atoms with Crippen LogP contribution in [-0.4, -0.2) is 4.92 Å². The lowest BCUT2D eigenvalue weighted by Crippen LogP contribution is -2.14. The van der Waals surface area contributed by atoms with Crippen molar-refractivity contribution in [1.29, 1.82) is 0 Å². The second-order valence-corrected chi connectivity index (χ2v) is 5.50. The summed E-state index contributed by atoms with van der Waals surface area (Å²) < 4.78 is 0. The number of hydrogen-bond acceptors (Lipinski definition) is 3. The third-order valence-electron chi connectivity index (χ3n) is 3.84. The summed E-state index contributed by atoms with van der Waals surface area (Å²) in [4.78, 5) is 10.4. The highest BCUT2D eigenvalue weighted by atomic mass is 16.6. The SMILES string of the molecule is O=[N+]([O-])c1cccc(CNCc2ccccc2C2CC2)c1. The molecule has 0 heterocycles. The minimum atomic E-state index is -0.355. The van der Waals surface area contributed by atoms with E-state index in [1.807, 2.05) is 6.07 Å². The summed E-state index contributed by atoms with van der Waals surface area (Å²) in [5.41, 5.74) is 3.87. The van der Waals surface area contributed by atoms with Gasteiger partial charge in [-0.05, 0) is 35.4 Å². The molecule has 2 aromatic carbocycles. The summed E-state index contributed by atoms with van der Waals surface area (Å²) in [6.45, 7) is 1.44. The Bertz CT molecular complexity index is 651. The fourth-order valence-electron chi connectivity index (χ4n) is 2.61. The Morgan fingerprint density at radius 2 is 1.90 bits per heavy atom. The maximum atomic E-state index is 10.8. The van der Waals surface area contributed by atoms with Gasteiger partial charge in [-0.15, -0.1) is 0 Å². The van der Waals surface area contributed by atoms with E-state index in [0.29, 0.717) is 6.54 Å². The van der Waals surface area contributed by atoms with Crippen LogP contribution in [0.4, 0.5) is 5.69 Å². The van der Waals surface area contributed by atoms with E-state index >= 15 is 0 Å². The van der Waals surface area contributed by atoms with Gasteiger partial charge in [0.15, 0.2) is 0 Å². The molecule has 21 heavy (non-hydrogen) atoms. The van der Waals surface area contributed by atoms with Crippen molar-refractivity contribution >= 4 is 5.69 Å². The van der Waals surface area contributed by atoms with Gasteiger partial charge in [0, 0.05) is 25.2 Å². The molecule has 2 aromatic rings. The Balaban J connectivity index is 1.61. The van der Waals surface area contributed by atoms with E-state index in [4.69, 9.17) is 0 Å². The molecule has 1 aliphatic rings. The average Bonchev–Trinajstić information content (AvgIpc) is 3.33. The maximum Gasteiger partial charge on any atom is 0.269 e. The highest BCUT2D eigenvalue weighted by Crippen LogP contribution is 2.41. The predicted octanol–water partition coefficient (Wildman–Crippen LogP) is 3.76. The zero-order valence-corrected chi connectivity index (χ0v) is 11.8. The lowest BCUT2D eigenvalue weighted by Gasteiger charge is -2.10. The topological polar surface area (TPSA) is 55.2 Å². The van der Waals surface area contributed by atoms with Crippen LogP contribution >= 0.6 is 0 Å². The van der Waals surface area contributed by atoms with Crippen molar-refractivity contribution in [1.82, 2.24) is 5.32 Å². The van der Waals surface area contributed by atoms with Crippen LogP contribution in [0.3, 0.4) is 0 Å². The molecule has 1 aliphatic carbocycles. The molecule has 1 saturated carbocycles. The number of nitrogens with one attached hydrogen (secondary N) is 1. The first-order valence-electron chi connectivity index (χ1n) is 7.26. The summed E-state index contributed by atoms with van der Waals surface area (Å²) in [5, 5.41) is 14.1. The smallest absolute Gasteiger partial charge is 0.269 e. The van der Waals surface area contributed by atoms with Crippen LogP contribution in [0, 0.1) is 10.1 Å². The van der Waals surface area contributed by atoms with Gasteiger partial charge in [0.1, 0.15) is 0 Å². The van der Waals surface area contributed by atoms with E-state index in [1.165, 1.54) is 30.0 Å². The third-order valence-corrected chi connectivity index (χ3v) is 3.84. The van der Waals surface area contributed by atoms with E-state index in [9.17, 15) is 10.1 Å². The number of nitrogens with zero attached hydrogens (tertiary/aromatic N) is 1. The summed E-state index contributed by atoms with van der Waals surface area (Å²) >= 11 is 0. The van der Waals surface area contributed by atoms with E-state index in [0.717, 1.165) is 18.0 Å². The van der Waals surface area contributed by atoms with Gasteiger partial charge in [-0.2, -0.15) is 0 Å². The van der Waals surface area contributed by atoms with Crippen molar-refractivity contribution in [3.8, 4) is 0 Å². The number of nitro groups is 1. The normalized spacial score (nSPS) is 14.1. The fourth-order valence-corrected chi connectivity index (χ4v) is 2.61. The molecule has 0 saturated heterocycles. The van der Waals surface area contributed by atoms with Gasteiger partial charge in [0.05, 0.1) is 4.92 Å². The third kappa shape index (κ3) is 3.47. The maximum absolute atomic E-state index is 10.8. The summed E-state index contributed by atoms with van der Waals surface area (Å²) in [6, 6.07) is 15.3. The Morgan fingerprint density at radius 1 is 1.10 bits per heavy atom. The lowest BCUT2D eigenvalue weighted by molar-refractivity contribution is -0.384. The molecule has 3 rings (SSSR count). The molecule has 0 spiro atoms. The zero-order chi connectivity index (χ0) is 14.7. The van der Waals surface area contributed by atoms with Gasteiger partial charge >= 0.3 is 0 Å². The minimum absolute atomic E-state index is 0.146. The molecule has 108 valence electrons. The van der Waals surface area contributed by atoms with E-state index in [1.54, 1.807) is 12.1 Å². The van der Waals surface area contributed by atoms with Crippen LogP contribution < -0.4 is 5.32 Å². The van der Waals surface area contributed by atoms with Gasteiger partial charge in [-0.25, -0.2) is 0 Å². The van der Waals surface area contributed by atoms with Crippen molar-refractivity contribution in [3.63, 3.8) is 0 Å². The number of rotatable bonds is 6. The Kier molecular flexibility index (Phi) is 3.97. The van der Waals surface area contributed by atoms with Gasteiger partial charge in [0.2, 0.25) is 0 Å². The number of benzene rings is 2. The number of hydrogen-bond donors (Lipinski definition) is 1. The first-order chi connectivity index (χ1) is 10.2. The van der Waals surface area contributed by atoms with Crippen molar-refractivity contribution < 1.29 is 4.92 Å². The van der Waals surface area contributed by atoms with Crippen LogP contribution in [0.15, 0.2) is 48.5 Å². The monoisotopic (exact) mass is 282 g/mol. The second-order valence-electron chi connectivity index (χ2n) is 5.50. The molecule has 0 atom stereocenters. The molecule has 4 nitrogen and oxygen atoms in total. The average molecular weight is 282 g/mol. The van der Waals surface area contributed by atoms with E-state index < -0.39 is 0 Å². The highest BCUT2D eigenvalue weighted by Gasteiger charge is 2.25. The standard InChI is InChI=1S/C17H18N2O2/c20-19(21)16-6-3-4-13(10-16)11-18-12-15-5-1-2-7-17(15)14-8-9-14/h1-7,10,14,18H,8-9,11-12H2. The van der Waals surface area contributed by atoms with Crippen molar-refractivity contribution in [2.45, 2.75) is 31.8 Å². The number of nitro benzene ring substituents is 1. The van der Waals surface area contributed by atoms with Crippen LogP contribution in [0.25, 0.3) is 0 Å². The molecule has 4 heteroatoms. The molecule has 0 aliphatic heterocycles. The van der Waals surface area contributed by atoms with E-state index in [-0.39, 0.29) is 10.6 Å². The molecular formula is C17H18N2O2. The molecule has 0 bridgehead atoms. The molecule has 0 amide bonds. The summed E-state index contributed by atoms with van der Waals surface area (Å²) in [6.07, 6.45) is 2.59. The summed E-state index contributed by atoms with van der Waals surface area (Å²) in [7, 11) is 0. The quantitative estimate of drug-likeness (QED) is 0.648. The van der Waals surface area contributed by atoms with Crippen LogP contribution in [-0.2, 0) is 13.1 Å². The number of non-ortho nitro benzene ring substituents is 1. The molecule has 1 N–H and O–H groups in total. The Morgan fingerprint density at radius 3 is 2.67 bits per heavy atom. The lowest BCUT2D eigenvalue weighted by atomic mass is 10.0. The van der Waals surface area contributed by atoms with Crippen LogP contribution in [0.2, 0.25) is 0 Å². The van der Waals surface area contributed by atoms with Crippen molar-refractivity contribution in [3.05, 3.63) is 75.3 Å².